The molecule has 0 amide bonds. The molecule has 0 saturated carbocycles. The van der Waals surface area contributed by atoms with Gasteiger partial charge in [0, 0.05) is 0 Å². The summed E-state index contributed by atoms with van der Waals surface area (Å²) in [6.45, 7) is 5.94. The SMILES string of the molecule is COc1ccc(CO[C@H](COCc2ccccc2)[C@H](OCc2ccccc2)[C@@H]2COC(C)(C)O2)cc1. The summed E-state index contributed by atoms with van der Waals surface area (Å²) in [5, 5.41) is 0. The Balaban J connectivity index is 1.49. The van der Waals surface area contributed by atoms with Crippen LogP contribution in [0.15, 0.2) is 84.9 Å². The molecule has 3 atom stereocenters. The minimum absolute atomic E-state index is 0.287. The maximum absolute atomic E-state index is 6.47. The van der Waals surface area contributed by atoms with Gasteiger partial charge in [0.25, 0.3) is 0 Å². The summed E-state index contributed by atoms with van der Waals surface area (Å²) < 4.78 is 36.4. The minimum Gasteiger partial charge on any atom is -0.497 e. The largest absolute Gasteiger partial charge is 0.497 e. The molecule has 1 fully saturated rings. The van der Waals surface area contributed by atoms with Crippen LogP contribution in [0.1, 0.15) is 30.5 Å². The molecule has 0 N–H and O–H groups in total. The predicted octanol–water partition coefficient (Wildman–Crippen LogP) is 5.53. The number of ether oxygens (including phenoxy) is 6. The molecule has 6 nitrogen and oxygen atoms in total. The Morgan fingerprint density at radius 2 is 1.36 bits per heavy atom. The molecule has 0 radical (unpaired) electrons. The van der Waals surface area contributed by atoms with E-state index in [1.54, 1.807) is 7.11 Å². The number of rotatable bonds is 13. The van der Waals surface area contributed by atoms with Crippen LogP contribution in [0.5, 0.6) is 5.75 Å². The standard InChI is InChI=1S/C30H36O6/c1-30(2)35-22-28(36-30)29(34-20-24-12-8-5-9-13-24)27(21-32-18-23-10-6-4-7-11-23)33-19-25-14-16-26(31-3)17-15-25/h4-17,27-29H,18-22H2,1-3H3/t27-,28+,29+/m1/s1. The van der Waals surface area contributed by atoms with E-state index in [2.05, 4.69) is 0 Å². The van der Waals surface area contributed by atoms with Crippen LogP contribution >= 0.6 is 0 Å². The van der Waals surface area contributed by atoms with Crippen molar-refractivity contribution in [1.82, 2.24) is 0 Å². The maximum Gasteiger partial charge on any atom is 0.163 e. The van der Waals surface area contributed by atoms with Crippen LogP contribution in [-0.2, 0) is 43.5 Å². The molecule has 0 bridgehead atoms. The van der Waals surface area contributed by atoms with E-state index in [0.29, 0.717) is 33.0 Å². The molecule has 0 aromatic heterocycles. The van der Waals surface area contributed by atoms with Crippen molar-refractivity contribution in [1.29, 1.82) is 0 Å². The summed E-state index contributed by atoms with van der Waals surface area (Å²) in [5.74, 6) is 0.133. The topological polar surface area (TPSA) is 55.4 Å². The third-order valence-corrected chi connectivity index (χ3v) is 6.07. The van der Waals surface area contributed by atoms with Gasteiger partial charge in [0.2, 0.25) is 0 Å². The summed E-state index contributed by atoms with van der Waals surface area (Å²) in [7, 11) is 1.66. The third kappa shape index (κ3) is 7.88. The van der Waals surface area contributed by atoms with Crippen molar-refractivity contribution in [3.05, 3.63) is 102 Å². The smallest absolute Gasteiger partial charge is 0.163 e. The first-order valence-electron chi connectivity index (χ1n) is 12.4. The average Bonchev–Trinajstić information content (AvgIpc) is 3.27. The van der Waals surface area contributed by atoms with E-state index < -0.39 is 5.79 Å². The van der Waals surface area contributed by atoms with Crippen molar-refractivity contribution in [2.45, 2.75) is 57.8 Å². The molecule has 6 heteroatoms. The van der Waals surface area contributed by atoms with Gasteiger partial charge in [-0.1, -0.05) is 72.8 Å². The van der Waals surface area contributed by atoms with Gasteiger partial charge in [-0.15, -0.1) is 0 Å². The van der Waals surface area contributed by atoms with Gasteiger partial charge in [-0.2, -0.15) is 0 Å². The van der Waals surface area contributed by atoms with Gasteiger partial charge < -0.3 is 28.4 Å². The fraction of sp³-hybridized carbons (Fsp3) is 0.400. The van der Waals surface area contributed by atoms with E-state index in [1.807, 2.05) is 98.8 Å². The average molecular weight is 493 g/mol. The zero-order valence-electron chi connectivity index (χ0n) is 21.3. The Bertz CT molecular complexity index is 1020. The fourth-order valence-corrected chi connectivity index (χ4v) is 4.13. The summed E-state index contributed by atoms with van der Waals surface area (Å²) in [4.78, 5) is 0. The van der Waals surface area contributed by atoms with Gasteiger partial charge in [0.05, 0.1) is 40.1 Å². The highest BCUT2D eigenvalue weighted by Crippen LogP contribution is 2.29. The van der Waals surface area contributed by atoms with Crippen molar-refractivity contribution in [3.63, 3.8) is 0 Å². The van der Waals surface area contributed by atoms with E-state index in [4.69, 9.17) is 28.4 Å². The highest BCUT2D eigenvalue weighted by molar-refractivity contribution is 5.26. The van der Waals surface area contributed by atoms with Crippen molar-refractivity contribution >= 4 is 0 Å². The number of methoxy groups -OCH3 is 1. The number of hydrogen-bond donors (Lipinski definition) is 0. The first-order chi connectivity index (χ1) is 17.5. The lowest BCUT2D eigenvalue weighted by Gasteiger charge is -2.31. The Kier molecular flexibility index (Phi) is 9.50. The van der Waals surface area contributed by atoms with Crippen LogP contribution in [0.25, 0.3) is 0 Å². The van der Waals surface area contributed by atoms with Gasteiger partial charge in [-0.3, -0.25) is 0 Å². The molecule has 4 rings (SSSR count). The lowest BCUT2D eigenvalue weighted by atomic mass is 10.1. The van der Waals surface area contributed by atoms with Crippen LogP contribution in [-0.4, -0.2) is 44.4 Å². The quantitative estimate of drug-likeness (QED) is 0.313. The maximum atomic E-state index is 6.47. The Morgan fingerprint density at radius 1 is 0.778 bits per heavy atom. The molecule has 3 aromatic rings. The molecule has 1 saturated heterocycles. The van der Waals surface area contributed by atoms with Crippen molar-refractivity contribution in [2.24, 2.45) is 0 Å². The van der Waals surface area contributed by atoms with Gasteiger partial charge >= 0.3 is 0 Å². The Labute approximate surface area is 214 Å². The monoisotopic (exact) mass is 492 g/mol. The molecule has 36 heavy (non-hydrogen) atoms. The molecule has 192 valence electrons. The zero-order chi connectivity index (χ0) is 25.2. The number of benzene rings is 3. The van der Waals surface area contributed by atoms with Crippen LogP contribution in [0.2, 0.25) is 0 Å². The lowest BCUT2D eigenvalue weighted by Crippen LogP contribution is -2.45. The second-order valence-electron chi connectivity index (χ2n) is 9.33. The van der Waals surface area contributed by atoms with E-state index in [1.165, 1.54) is 0 Å². The van der Waals surface area contributed by atoms with Crippen molar-refractivity contribution in [2.75, 3.05) is 20.3 Å². The molecule has 1 aliphatic heterocycles. The van der Waals surface area contributed by atoms with Gasteiger partial charge in [0.1, 0.15) is 24.1 Å². The van der Waals surface area contributed by atoms with Gasteiger partial charge in [-0.25, -0.2) is 0 Å². The van der Waals surface area contributed by atoms with Crippen LogP contribution in [0.4, 0.5) is 0 Å². The molecule has 1 heterocycles. The summed E-state index contributed by atoms with van der Waals surface area (Å²) in [6, 6.07) is 28.1. The van der Waals surface area contributed by atoms with E-state index >= 15 is 0 Å². The van der Waals surface area contributed by atoms with Gasteiger partial charge in [0.15, 0.2) is 5.79 Å². The summed E-state index contributed by atoms with van der Waals surface area (Å²) >= 11 is 0. The lowest BCUT2D eigenvalue weighted by molar-refractivity contribution is -0.187. The van der Waals surface area contributed by atoms with Crippen LogP contribution in [0, 0.1) is 0 Å². The minimum atomic E-state index is -0.676. The molecule has 0 unspecified atom stereocenters. The first-order valence-corrected chi connectivity index (χ1v) is 12.4. The summed E-state index contributed by atoms with van der Waals surface area (Å²) in [5.41, 5.74) is 3.23. The first kappa shape index (κ1) is 26.3. The van der Waals surface area contributed by atoms with Crippen LogP contribution < -0.4 is 4.74 Å². The molecule has 1 aliphatic rings. The number of hydrogen-bond acceptors (Lipinski definition) is 6. The molecule has 0 spiro atoms. The van der Waals surface area contributed by atoms with E-state index in [-0.39, 0.29) is 18.3 Å². The fourth-order valence-electron chi connectivity index (χ4n) is 4.13. The van der Waals surface area contributed by atoms with Crippen molar-refractivity contribution < 1.29 is 28.4 Å². The molecule has 0 aliphatic carbocycles. The van der Waals surface area contributed by atoms with Gasteiger partial charge in [-0.05, 0) is 42.7 Å². The highest BCUT2D eigenvalue weighted by Gasteiger charge is 2.42. The van der Waals surface area contributed by atoms with Crippen LogP contribution in [0.3, 0.4) is 0 Å². The normalized spacial score (nSPS) is 18.6. The third-order valence-electron chi connectivity index (χ3n) is 6.07. The van der Waals surface area contributed by atoms with Crippen molar-refractivity contribution in [3.8, 4) is 5.75 Å². The summed E-state index contributed by atoms with van der Waals surface area (Å²) in [6.07, 6.45) is -1.05. The van der Waals surface area contributed by atoms with E-state index in [0.717, 1.165) is 22.4 Å². The Hall–Kier alpha value is -2.74. The Morgan fingerprint density at radius 3 is 1.94 bits per heavy atom. The zero-order valence-corrected chi connectivity index (χ0v) is 21.3. The molecular formula is C30H36O6. The van der Waals surface area contributed by atoms with E-state index in [9.17, 15) is 0 Å². The second-order valence-corrected chi connectivity index (χ2v) is 9.33. The highest BCUT2D eigenvalue weighted by atomic mass is 16.8. The molecular weight excluding hydrogens is 456 g/mol. The predicted molar refractivity (Wildman–Crippen MR) is 138 cm³/mol. The second kappa shape index (κ2) is 13.0. The molecule has 3 aromatic carbocycles.